The van der Waals surface area contributed by atoms with Crippen molar-refractivity contribution < 1.29 is 29.6 Å². The van der Waals surface area contributed by atoms with Crippen LogP contribution in [0.3, 0.4) is 0 Å². The largest absolute Gasteiger partial charge is 0.507 e. The first-order valence-corrected chi connectivity index (χ1v) is 6.51. The highest BCUT2D eigenvalue weighted by Gasteiger charge is 2.44. The zero-order valence-electron chi connectivity index (χ0n) is 12.4. The number of ketones is 2. The lowest BCUT2D eigenvalue weighted by molar-refractivity contribution is -0.144. The standard InChI is InChI=1S/C16H16O6/c1-8-6-12(18)16(2,21)15(20)13(8)14(19)10-5-4-9(22-3)7-11(10)17/h4-7,17,19,21H,1-3H3/t16-/m1/s1. The first-order valence-electron chi connectivity index (χ1n) is 6.51. The molecule has 0 fully saturated rings. The number of ether oxygens (including phenoxy) is 1. The van der Waals surface area contributed by atoms with E-state index < -0.39 is 22.9 Å². The number of allylic oxidation sites excluding steroid dienone is 1. The molecule has 0 radical (unpaired) electrons. The van der Waals surface area contributed by atoms with Crippen LogP contribution in [0.2, 0.25) is 0 Å². The number of aliphatic hydroxyl groups excluding tert-OH is 1. The van der Waals surface area contributed by atoms with Crippen molar-refractivity contribution in [3.05, 3.63) is 41.0 Å². The van der Waals surface area contributed by atoms with Gasteiger partial charge in [-0.05, 0) is 37.6 Å². The van der Waals surface area contributed by atoms with Gasteiger partial charge in [-0.25, -0.2) is 0 Å². The summed E-state index contributed by atoms with van der Waals surface area (Å²) in [4.78, 5) is 24.0. The Morgan fingerprint density at radius 1 is 1.27 bits per heavy atom. The Bertz CT molecular complexity index is 724. The van der Waals surface area contributed by atoms with Crippen LogP contribution in [0.5, 0.6) is 11.5 Å². The van der Waals surface area contributed by atoms with Gasteiger partial charge in [-0.3, -0.25) is 9.59 Å². The van der Waals surface area contributed by atoms with Gasteiger partial charge < -0.3 is 20.1 Å². The first kappa shape index (κ1) is 15.8. The highest BCUT2D eigenvalue weighted by molar-refractivity contribution is 6.26. The lowest BCUT2D eigenvalue weighted by Gasteiger charge is -2.26. The minimum atomic E-state index is -2.23. The molecule has 116 valence electrons. The van der Waals surface area contributed by atoms with E-state index in [4.69, 9.17) is 4.74 Å². The number of hydrogen-bond acceptors (Lipinski definition) is 6. The number of Topliss-reactive ketones (excluding diaryl/α,β-unsaturated/α-hetero) is 1. The maximum Gasteiger partial charge on any atom is 0.206 e. The number of rotatable bonds is 2. The van der Waals surface area contributed by atoms with E-state index in [0.717, 1.165) is 13.0 Å². The lowest BCUT2D eigenvalue weighted by Crippen LogP contribution is -2.46. The van der Waals surface area contributed by atoms with Gasteiger partial charge >= 0.3 is 0 Å². The monoisotopic (exact) mass is 304 g/mol. The summed E-state index contributed by atoms with van der Waals surface area (Å²) in [5.41, 5.74) is -2.22. The maximum atomic E-state index is 12.3. The summed E-state index contributed by atoms with van der Waals surface area (Å²) in [5, 5.41) is 30.3. The SMILES string of the molecule is COc1ccc(C(O)=C2C(=O)[C@](C)(O)C(=O)C=C2C)c(O)c1. The first-order chi connectivity index (χ1) is 10.2. The lowest BCUT2D eigenvalue weighted by atomic mass is 9.80. The van der Waals surface area contributed by atoms with Crippen molar-refractivity contribution in [1.29, 1.82) is 0 Å². The van der Waals surface area contributed by atoms with Gasteiger partial charge in [0.25, 0.3) is 0 Å². The summed E-state index contributed by atoms with van der Waals surface area (Å²) in [5.74, 6) is -2.08. The van der Waals surface area contributed by atoms with Crippen LogP contribution in [0, 0.1) is 0 Å². The second-order valence-corrected chi connectivity index (χ2v) is 5.20. The quantitative estimate of drug-likeness (QED) is 0.435. The fraction of sp³-hybridized carbons (Fsp3) is 0.250. The van der Waals surface area contributed by atoms with Crippen molar-refractivity contribution in [1.82, 2.24) is 0 Å². The van der Waals surface area contributed by atoms with Crippen LogP contribution in [0.15, 0.2) is 35.4 Å². The molecule has 0 unspecified atom stereocenters. The second kappa shape index (κ2) is 5.31. The van der Waals surface area contributed by atoms with Crippen molar-refractivity contribution >= 4 is 17.3 Å². The summed E-state index contributed by atoms with van der Waals surface area (Å²) in [6.45, 7) is 2.54. The topological polar surface area (TPSA) is 104 Å². The molecule has 6 heteroatoms. The Hall–Kier alpha value is -2.60. The number of aliphatic hydroxyl groups is 2. The Morgan fingerprint density at radius 3 is 2.45 bits per heavy atom. The molecular weight excluding hydrogens is 288 g/mol. The molecule has 6 nitrogen and oxygen atoms in total. The van der Waals surface area contributed by atoms with Gasteiger partial charge in [0.1, 0.15) is 17.3 Å². The number of carbonyl (C=O) groups is 2. The van der Waals surface area contributed by atoms with E-state index in [-0.39, 0.29) is 22.5 Å². The Balaban J connectivity index is 2.65. The van der Waals surface area contributed by atoms with Gasteiger partial charge in [-0.15, -0.1) is 0 Å². The van der Waals surface area contributed by atoms with E-state index in [1.165, 1.54) is 32.2 Å². The summed E-state index contributed by atoms with van der Waals surface area (Å²) in [7, 11) is 1.42. The van der Waals surface area contributed by atoms with Crippen LogP contribution in [-0.4, -0.2) is 39.6 Å². The fourth-order valence-electron chi connectivity index (χ4n) is 2.21. The molecule has 0 saturated heterocycles. The van der Waals surface area contributed by atoms with Crippen molar-refractivity contribution in [2.75, 3.05) is 7.11 Å². The summed E-state index contributed by atoms with van der Waals surface area (Å²) in [6, 6.07) is 4.16. The van der Waals surface area contributed by atoms with E-state index >= 15 is 0 Å². The molecule has 0 spiro atoms. The Kier molecular flexibility index (Phi) is 3.81. The van der Waals surface area contributed by atoms with Gasteiger partial charge in [0, 0.05) is 6.07 Å². The van der Waals surface area contributed by atoms with Crippen LogP contribution in [0.25, 0.3) is 5.76 Å². The average molecular weight is 304 g/mol. The van der Waals surface area contributed by atoms with Gasteiger partial charge in [-0.2, -0.15) is 0 Å². The molecule has 0 bridgehead atoms. The average Bonchev–Trinajstić information content (AvgIpc) is 2.45. The number of methoxy groups -OCH3 is 1. The smallest absolute Gasteiger partial charge is 0.206 e. The van der Waals surface area contributed by atoms with E-state index in [2.05, 4.69) is 0 Å². The van der Waals surface area contributed by atoms with Gasteiger partial charge in [0.2, 0.25) is 5.78 Å². The minimum Gasteiger partial charge on any atom is -0.507 e. The molecule has 1 aromatic rings. The van der Waals surface area contributed by atoms with E-state index in [0.29, 0.717) is 5.75 Å². The zero-order chi connectivity index (χ0) is 16.7. The molecule has 0 aliphatic heterocycles. The Morgan fingerprint density at radius 2 is 1.91 bits per heavy atom. The van der Waals surface area contributed by atoms with E-state index in [9.17, 15) is 24.9 Å². The third kappa shape index (κ3) is 2.37. The number of phenolic OH excluding ortho intramolecular Hbond substituents is 1. The molecule has 0 saturated carbocycles. The predicted molar refractivity (Wildman–Crippen MR) is 78.6 cm³/mol. The third-order valence-electron chi connectivity index (χ3n) is 3.59. The maximum absolute atomic E-state index is 12.3. The van der Waals surface area contributed by atoms with Gasteiger partial charge in [0.05, 0.1) is 18.2 Å². The van der Waals surface area contributed by atoms with Gasteiger partial charge in [0.15, 0.2) is 11.4 Å². The van der Waals surface area contributed by atoms with Crippen molar-refractivity contribution in [2.45, 2.75) is 19.4 Å². The molecule has 0 heterocycles. The van der Waals surface area contributed by atoms with Crippen LogP contribution < -0.4 is 4.74 Å². The molecule has 0 amide bonds. The normalized spacial score (nSPS) is 24.1. The van der Waals surface area contributed by atoms with Gasteiger partial charge in [-0.1, -0.05) is 0 Å². The summed E-state index contributed by atoms with van der Waals surface area (Å²) in [6.07, 6.45) is 1.09. The van der Waals surface area contributed by atoms with Crippen molar-refractivity contribution in [3.63, 3.8) is 0 Å². The highest BCUT2D eigenvalue weighted by Crippen LogP contribution is 2.35. The Labute approximate surface area is 127 Å². The van der Waals surface area contributed by atoms with Crippen LogP contribution in [-0.2, 0) is 9.59 Å². The predicted octanol–water partition coefficient (Wildman–Crippen LogP) is 1.52. The van der Waals surface area contributed by atoms with Crippen LogP contribution in [0.1, 0.15) is 19.4 Å². The van der Waals surface area contributed by atoms with Crippen molar-refractivity contribution in [2.24, 2.45) is 0 Å². The highest BCUT2D eigenvalue weighted by atomic mass is 16.5. The molecule has 1 atom stereocenters. The van der Waals surface area contributed by atoms with E-state index in [1.807, 2.05) is 0 Å². The molecule has 1 aliphatic carbocycles. The minimum absolute atomic E-state index is 0.00190. The molecule has 22 heavy (non-hydrogen) atoms. The molecule has 1 aromatic carbocycles. The number of hydrogen-bond donors (Lipinski definition) is 3. The number of carbonyl (C=O) groups excluding carboxylic acids is 2. The molecule has 0 aromatic heterocycles. The van der Waals surface area contributed by atoms with Crippen LogP contribution in [0.4, 0.5) is 0 Å². The van der Waals surface area contributed by atoms with E-state index in [1.54, 1.807) is 0 Å². The molecule has 1 aliphatic rings. The number of benzene rings is 1. The zero-order valence-corrected chi connectivity index (χ0v) is 12.4. The molecular formula is C16H16O6. The number of aromatic hydroxyl groups is 1. The second-order valence-electron chi connectivity index (χ2n) is 5.20. The number of phenols is 1. The molecule has 3 N–H and O–H groups in total. The van der Waals surface area contributed by atoms with Crippen LogP contribution >= 0.6 is 0 Å². The molecule has 2 rings (SSSR count). The summed E-state index contributed by atoms with van der Waals surface area (Å²) < 4.78 is 4.94. The van der Waals surface area contributed by atoms with Crippen molar-refractivity contribution in [3.8, 4) is 11.5 Å². The summed E-state index contributed by atoms with van der Waals surface area (Å²) >= 11 is 0. The third-order valence-corrected chi connectivity index (χ3v) is 3.59. The fourth-order valence-corrected chi connectivity index (χ4v) is 2.21.